The van der Waals surface area contributed by atoms with E-state index in [1.807, 2.05) is 18.2 Å². The molecule has 1 aromatic heterocycles. The average Bonchev–Trinajstić information content (AvgIpc) is 2.93. The van der Waals surface area contributed by atoms with Crippen LogP contribution in [-0.4, -0.2) is 17.5 Å². The number of alkyl halides is 3. The molecule has 0 spiro atoms. The fourth-order valence-corrected chi connectivity index (χ4v) is 3.16. The highest BCUT2D eigenvalue weighted by atomic mass is 79.9. The lowest BCUT2D eigenvalue weighted by Gasteiger charge is -2.14. The Bertz CT molecular complexity index is 967. The van der Waals surface area contributed by atoms with E-state index in [0.29, 0.717) is 4.47 Å². The van der Waals surface area contributed by atoms with Crippen LogP contribution in [0.4, 0.5) is 18.9 Å². The van der Waals surface area contributed by atoms with Gasteiger partial charge in [-0.15, -0.1) is 0 Å². The van der Waals surface area contributed by atoms with Crippen molar-refractivity contribution in [2.75, 3.05) is 11.9 Å². The van der Waals surface area contributed by atoms with Crippen LogP contribution in [0.15, 0.2) is 46.9 Å². The largest absolute Gasteiger partial charge is 0.492 e. The molecule has 3 rings (SSSR count). The van der Waals surface area contributed by atoms with E-state index in [-0.39, 0.29) is 23.7 Å². The van der Waals surface area contributed by atoms with Crippen molar-refractivity contribution >= 4 is 38.4 Å². The SMILES string of the molecule is CCOc1ccc(C(F)(F)F)cc1NC(=O)c1[nH]c2ccccc2c1Br. The quantitative estimate of drug-likeness (QED) is 0.570. The van der Waals surface area contributed by atoms with Gasteiger partial charge in [-0.05, 0) is 47.1 Å². The van der Waals surface area contributed by atoms with Crippen molar-refractivity contribution in [1.82, 2.24) is 4.98 Å². The zero-order valence-corrected chi connectivity index (χ0v) is 15.2. The number of fused-ring (bicyclic) bond motifs is 1. The third kappa shape index (κ3) is 3.55. The molecule has 8 heteroatoms. The standard InChI is InChI=1S/C18H14BrF3N2O2/c1-2-26-14-8-7-10(18(20,21)22)9-13(14)24-17(25)16-15(19)11-5-3-4-6-12(11)23-16/h3-9,23H,2H2,1H3,(H,24,25). The van der Waals surface area contributed by atoms with E-state index in [1.165, 1.54) is 6.07 Å². The van der Waals surface area contributed by atoms with Crippen molar-refractivity contribution in [2.24, 2.45) is 0 Å². The molecule has 0 saturated carbocycles. The molecule has 0 aliphatic rings. The number of aromatic amines is 1. The van der Waals surface area contributed by atoms with E-state index in [0.717, 1.165) is 23.0 Å². The van der Waals surface area contributed by atoms with Gasteiger partial charge in [-0.1, -0.05) is 18.2 Å². The summed E-state index contributed by atoms with van der Waals surface area (Å²) in [5, 5.41) is 3.30. The number of H-pyrrole nitrogens is 1. The molecule has 0 atom stereocenters. The first-order valence-corrected chi connectivity index (χ1v) is 8.52. The maximum absolute atomic E-state index is 13.0. The number of carbonyl (C=O) groups is 1. The number of hydrogen-bond acceptors (Lipinski definition) is 2. The maximum atomic E-state index is 13.0. The Morgan fingerprint density at radius 2 is 1.96 bits per heavy atom. The van der Waals surface area contributed by atoms with E-state index in [2.05, 4.69) is 26.2 Å². The van der Waals surface area contributed by atoms with Gasteiger partial charge < -0.3 is 15.0 Å². The van der Waals surface area contributed by atoms with Crippen molar-refractivity contribution < 1.29 is 22.7 Å². The van der Waals surface area contributed by atoms with Gasteiger partial charge in [0.25, 0.3) is 5.91 Å². The van der Waals surface area contributed by atoms with Crippen molar-refractivity contribution in [1.29, 1.82) is 0 Å². The van der Waals surface area contributed by atoms with Crippen LogP contribution in [0.25, 0.3) is 10.9 Å². The summed E-state index contributed by atoms with van der Waals surface area (Å²) < 4.78 is 44.8. The number of carbonyl (C=O) groups excluding carboxylic acids is 1. The number of para-hydroxylation sites is 1. The summed E-state index contributed by atoms with van der Waals surface area (Å²) >= 11 is 3.36. The molecule has 0 saturated heterocycles. The number of halogens is 4. The summed E-state index contributed by atoms with van der Waals surface area (Å²) in [6.45, 7) is 1.96. The predicted octanol–water partition coefficient (Wildman–Crippen LogP) is 5.60. The molecule has 0 fully saturated rings. The first-order chi connectivity index (χ1) is 12.3. The van der Waals surface area contributed by atoms with Crippen molar-refractivity contribution in [3.05, 3.63) is 58.2 Å². The summed E-state index contributed by atoms with van der Waals surface area (Å²) in [4.78, 5) is 15.6. The molecule has 2 N–H and O–H groups in total. The molecule has 0 aliphatic heterocycles. The number of benzene rings is 2. The summed E-state index contributed by atoms with van der Waals surface area (Å²) in [5.41, 5.74) is 0.0360. The van der Waals surface area contributed by atoms with E-state index in [1.54, 1.807) is 13.0 Å². The Labute approximate surface area is 155 Å². The van der Waals surface area contributed by atoms with Crippen LogP contribution < -0.4 is 10.1 Å². The van der Waals surface area contributed by atoms with Crippen LogP contribution >= 0.6 is 15.9 Å². The van der Waals surface area contributed by atoms with Gasteiger partial charge >= 0.3 is 6.18 Å². The summed E-state index contributed by atoms with van der Waals surface area (Å²) in [6, 6.07) is 10.2. The monoisotopic (exact) mass is 426 g/mol. The molecular weight excluding hydrogens is 413 g/mol. The minimum Gasteiger partial charge on any atom is -0.492 e. The van der Waals surface area contributed by atoms with Crippen molar-refractivity contribution in [3.8, 4) is 5.75 Å². The lowest BCUT2D eigenvalue weighted by molar-refractivity contribution is -0.137. The van der Waals surface area contributed by atoms with Gasteiger partial charge in [0.05, 0.1) is 22.3 Å². The third-order valence-electron chi connectivity index (χ3n) is 3.72. The molecule has 0 radical (unpaired) electrons. The molecule has 3 aromatic rings. The topological polar surface area (TPSA) is 54.1 Å². The Morgan fingerprint density at radius 3 is 2.62 bits per heavy atom. The molecule has 0 bridgehead atoms. The first-order valence-electron chi connectivity index (χ1n) is 7.73. The van der Waals surface area contributed by atoms with E-state index in [4.69, 9.17) is 4.74 Å². The number of nitrogens with one attached hydrogen (secondary N) is 2. The fourth-order valence-electron chi connectivity index (χ4n) is 2.53. The molecule has 1 heterocycles. The second-order valence-electron chi connectivity index (χ2n) is 5.46. The van der Waals surface area contributed by atoms with E-state index >= 15 is 0 Å². The summed E-state index contributed by atoms with van der Waals surface area (Å²) in [5.74, 6) is -0.408. The second kappa shape index (κ2) is 7.03. The Balaban J connectivity index is 1.98. The average molecular weight is 427 g/mol. The number of hydrogen-bond donors (Lipinski definition) is 2. The number of rotatable bonds is 4. The van der Waals surface area contributed by atoms with Crippen LogP contribution in [0.1, 0.15) is 23.0 Å². The molecule has 1 amide bonds. The van der Waals surface area contributed by atoms with Crippen LogP contribution in [0.2, 0.25) is 0 Å². The minimum atomic E-state index is -4.52. The lowest BCUT2D eigenvalue weighted by Crippen LogP contribution is -2.15. The van der Waals surface area contributed by atoms with Gasteiger partial charge in [-0.2, -0.15) is 13.2 Å². The van der Waals surface area contributed by atoms with Gasteiger partial charge in [0.2, 0.25) is 0 Å². The van der Waals surface area contributed by atoms with Crippen molar-refractivity contribution in [3.63, 3.8) is 0 Å². The van der Waals surface area contributed by atoms with E-state index < -0.39 is 17.6 Å². The smallest absolute Gasteiger partial charge is 0.416 e. The summed E-state index contributed by atoms with van der Waals surface area (Å²) in [7, 11) is 0. The van der Waals surface area contributed by atoms with Crippen LogP contribution in [0.5, 0.6) is 5.75 Å². The first kappa shape index (κ1) is 18.3. The number of anilines is 1. The highest BCUT2D eigenvalue weighted by Crippen LogP contribution is 2.36. The molecular formula is C18H14BrF3N2O2. The summed E-state index contributed by atoms with van der Waals surface area (Å²) in [6.07, 6.45) is -4.52. The maximum Gasteiger partial charge on any atom is 0.416 e. The van der Waals surface area contributed by atoms with Gasteiger partial charge in [0, 0.05) is 10.9 Å². The lowest BCUT2D eigenvalue weighted by atomic mass is 10.1. The highest BCUT2D eigenvalue weighted by molar-refractivity contribution is 9.10. The molecule has 4 nitrogen and oxygen atoms in total. The van der Waals surface area contributed by atoms with Crippen LogP contribution in [-0.2, 0) is 6.18 Å². The van der Waals surface area contributed by atoms with Gasteiger partial charge in [-0.3, -0.25) is 4.79 Å². The second-order valence-corrected chi connectivity index (χ2v) is 6.25. The van der Waals surface area contributed by atoms with Gasteiger partial charge in [-0.25, -0.2) is 0 Å². The normalized spacial score (nSPS) is 11.6. The predicted molar refractivity (Wildman–Crippen MR) is 96.6 cm³/mol. The third-order valence-corrected chi connectivity index (χ3v) is 4.55. The zero-order valence-electron chi connectivity index (χ0n) is 13.6. The molecule has 26 heavy (non-hydrogen) atoms. The number of ether oxygens (including phenoxy) is 1. The van der Waals surface area contributed by atoms with Gasteiger partial charge in [0.1, 0.15) is 11.4 Å². The Hall–Kier alpha value is -2.48. The Kier molecular flexibility index (Phi) is 4.95. The van der Waals surface area contributed by atoms with Crippen molar-refractivity contribution in [2.45, 2.75) is 13.1 Å². The minimum absolute atomic E-state index is 0.0442. The Morgan fingerprint density at radius 1 is 1.23 bits per heavy atom. The molecule has 136 valence electrons. The molecule has 2 aromatic carbocycles. The highest BCUT2D eigenvalue weighted by Gasteiger charge is 2.31. The van der Waals surface area contributed by atoms with Crippen LogP contribution in [0.3, 0.4) is 0 Å². The fraction of sp³-hybridized carbons (Fsp3) is 0.167. The zero-order chi connectivity index (χ0) is 18.9. The van der Waals surface area contributed by atoms with Gasteiger partial charge in [0.15, 0.2) is 0 Å². The molecule has 0 unspecified atom stereocenters. The number of amides is 1. The van der Waals surface area contributed by atoms with Crippen LogP contribution in [0, 0.1) is 0 Å². The number of aromatic nitrogens is 1. The van der Waals surface area contributed by atoms with E-state index in [9.17, 15) is 18.0 Å². The molecule has 0 aliphatic carbocycles.